The molecule has 0 saturated carbocycles. The van der Waals surface area contributed by atoms with Crippen molar-refractivity contribution in [3.8, 4) is 5.69 Å². The van der Waals surface area contributed by atoms with E-state index in [0.29, 0.717) is 16.3 Å². The Morgan fingerprint density at radius 1 is 1.13 bits per heavy atom. The molecule has 0 N–H and O–H groups in total. The van der Waals surface area contributed by atoms with Crippen LogP contribution in [0.4, 0.5) is 5.69 Å². The molecule has 0 saturated heterocycles. The molecule has 0 radical (unpaired) electrons. The predicted molar refractivity (Wildman–Crippen MR) is 119 cm³/mol. The van der Waals surface area contributed by atoms with E-state index in [9.17, 15) is 4.79 Å². The molecule has 0 aliphatic carbocycles. The molecule has 30 heavy (non-hydrogen) atoms. The fraction of sp³-hybridized carbons (Fsp3) is 0.364. The van der Waals surface area contributed by atoms with Crippen LogP contribution in [0.25, 0.3) is 5.69 Å². The van der Waals surface area contributed by atoms with Crippen molar-refractivity contribution in [2.24, 2.45) is 0 Å². The van der Waals surface area contributed by atoms with Crippen molar-refractivity contribution in [2.75, 3.05) is 26.0 Å². The second kappa shape index (κ2) is 9.71. The average molecular weight is 427 g/mol. The molecule has 1 atom stereocenters. The third kappa shape index (κ3) is 4.97. The Bertz CT molecular complexity index is 972. The van der Waals surface area contributed by atoms with E-state index >= 15 is 0 Å². The lowest BCUT2D eigenvalue weighted by molar-refractivity contribution is 0.0719. The molecule has 2 aromatic heterocycles. The highest BCUT2D eigenvalue weighted by Crippen LogP contribution is 2.23. The average Bonchev–Trinajstić information content (AvgIpc) is 3.29. The summed E-state index contributed by atoms with van der Waals surface area (Å²) in [5, 5.41) is 9.05. The number of halogens is 1. The van der Waals surface area contributed by atoms with E-state index in [0.717, 1.165) is 30.6 Å². The largest absolute Gasteiger partial charge is 0.378 e. The Balaban J connectivity index is 1.84. The number of nitrogens with zero attached hydrogens (tertiary/aromatic N) is 6. The van der Waals surface area contributed by atoms with Crippen molar-refractivity contribution < 1.29 is 4.79 Å². The van der Waals surface area contributed by atoms with E-state index in [4.69, 9.17) is 11.6 Å². The first-order valence-corrected chi connectivity index (χ1v) is 10.3. The van der Waals surface area contributed by atoms with Gasteiger partial charge in [0.1, 0.15) is 0 Å². The van der Waals surface area contributed by atoms with Crippen molar-refractivity contribution in [1.29, 1.82) is 0 Å². The molecule has 3 rings (SSSR count). The molecule has 0 spiro atoms. The van der Waals surface area contributed by atoms with Crippen LogP contribution in [-0.4, -0.2) is 58.0 Å². The van der Waals surface area contributed by atoms with E-state index in [1.165, 1.54) is 4.80 Å². The molecular formula is C22H27ClN6O. The van der Waals surface area contributed by atoms with E-state index in [-0.39, 0.29) is 11.9 Å². The normalized spacial score (nSPS) is 11.9. The van der Waals surface area contributed by atoms with Gasteiger partial charge in [0.25, 0.3) is 5.91 Å². The van der Waals surface area contributed by atoms with Gasteiger partial charge in [0, 0.05) is 44.8 Å². The summed E-state index contributed by atoms with van der Waals surface area (Å²) in [5.74, 6) is -0.0538. The third-order valence-corrected chi connectivity index (χ3v) is 5.45. The number of anilines is 1. The quantitative estimate of drug-likeness (QED) is 0.547. The second-order valence-electron chi connectivity index (χ2n) is 7.40. The monoisotopic (exact) mass is 426 g/mol. The molecule has 8 heteroatoms. The summed E-state index contributed by atoms with van der Waals surface area (Å²) < 4.78 is 0. The van der Waals surface area contributed by atoms with Crippen molar-refractivity contribution in [2.45, 2.75) is 32.2 Å². The maximum absolute atomic E-state index is 13.5. The molecule has 3 aromatic rings. The summed E-state index contributed by atoms with van der Waals surface area (Å²) in [6.45, 7) is 2.09. The Kier molecular flexibility index (Phi) is 7.05. The number of amides is 1. The van der Waals surface area contributed by atoms with Crippen molar-refractivity contribution >= 4 is 23.2 Å². The summed E-state index contributed by atoms with van der Waals surface area (Å²) in [7, 11) is 5.76. The zero-order chi connectivity index (χ0) is 21.7. The number of carbonyl (C=O) groups excluding carboxylic acids is 1. The number of hydrogen-bond acceptors (Lipinski definition) is 5. The zero-order valence-electron chi connectivity index (χ0n) is 17.8. The minimum absolute atomic E-state index is 0.0538. The topological polar surface area (TPSA) is 67.2 Å². The van der Waals surface area contributed by atoms with E-state index in [1.807, 2.05) is 61.3 Å². The number of carbonyl (C=O) groups is 1. The Hall–Kier alpha value is -2.93. The standard InChI is InChI=1S/C22H27ClN6O/c1-5-18(9-8-17-7-6-16(23)15-24-17)28(4)22(30)20-14-19(27(2)3)10-11-21(20)29-25-12-13-26-29/h6-7,10-15,18H,5,8-9H2,1-4H3/t18-/m0/s1. The third-order valence-electron chi connectivity index (χ3n) is 5.22. The van der Waals surface area contributed by atoms with Crippen LogP contribution in [-0.2, 0) is 6.42 Å². The van der Waals surface area contributed by atoms with Gasteiger partial charge in [0.2, 0.25) is 0 Å². The lowest BCUT2D eigenvalue weighted by Crippen LogP contribution is -2.37. The lowest BCUT2D eigenvalue weighted by atomic mass is 10.0. The first-order chi connectivity index (χ1) is 14.4. The van der Waals surface area contributed by atoms with Gasteiger partial charge in [0.15, 0.2) is 0 Å². The van der Waals surface area contributed by atoms with Gasteiger partial charge >= 0.3 is 0 Å². The van der Waals surface area contributed by atoms with Crippen LogP contribution in [0.1, 0.15) is 35.8 Å². The molecule has 1 amide bonds. The summed E-state index contributed by atoms with van der Waals surface area (Å²) >= 11 is 5.92. The summed E-state index contributed by atoms with van der Waals surface area (Å²) in [5.41, 5.74) is 3.15. The summed E-state index contributed by atoms with van der Waals surface area (Å²) in [4.78, 5) is 23.1. The SMILES string of the molecule is CC[C@@H](CCc1ccc(Cl)cn1)N(C)C(=O)c1cc(N(C)C)ccc1-n1nccn1. The zero-order valence-corrected chi connectivity index (χ0v) is 18.5. The molecule has 158 valence electrons. The molecule has 7 nitrogen and oxygen atoms in total. The lowest BCUT2D eigenvalue weighted by Gasteiger charge is -2.28. The van der Waals surface area contributed by atoms with Gasteiger partial charge in [-0.15, -0.1) is 0 Å². The highest BCUT2D eigenvalue weighted by atomic mass is 35.5. The highest BCUT2D eigenvalue weighted by molar-refractivity contribution is 6.30. The molecule has 0 aliphatic rings. The maximum Gasteiger partial charge on any atom is 0.256 e. The number of benzene rings is 1. The first-order valence-electron chi connectivity index (χ1n) is 9.96. The van der Waals surface area contributed by atoms with Crippen LogP contribution in [0.2, 0.25) is 5.02 Å². The van der Waals surface area contributed by atoms with E-state index < -0.39 is 0 Å². The van der Waals surface area contributed by atoms with Gasteiger partial charge in [-0.2, -0.15) is 15.0 Å². The van der Waals surface area contributed by atoms with Gasteiger partial charge in [-0.3, -0.25) is 9.78 Å². The minimum atomic E-state index is -0.0538. The Morgan fingerprint density at radius 2 is 1.87 bits per heavy atom. The second-order valence-corrected chi connectivity index (χ2v) is 7.84. The van der Waals surface area contributed by atoms with E-state index in [1.54, 1.807) is 18.6 Å². The molecule has 0 fully saturated rings. The summed E-state index contributed by atoms with van der Waals surface area (Å²) in [6.07, 6.45) is 7.30. The Morgan fingerprint density at radius 3 is 2.47 bits per heavy atom. The molecule has 1 aromatic carbocycles. The number of rotatable bonds is 8. The van der Waals surface area contributed by atoms with Crippen LogP contribution in [0.15, 0.2) is 48.9 Å². The number of hydrogen-bond donors (Lipinski definition) is 0. The van der Waals surface area contributed by atoms with Crippen LogP contribution in [0.3, 0.4) is 0 Å². The van der Waals surface area contributed by atoms with Crippen LogP contribution in [0.5, 0.6) is 0 Å². The van der Waals surface area contributed by atoms with Crippen molar-refractivity contribution in [3.63, 3.8) is 0 Å². The fourth-order valence-corrected chi connectivity index (χ4v) is 3.50. The van der Waals surface area contributed by atoms with Gasteiger partial charge in [0.05, 0.1) is 28.7 Å². The van der Waals surface area contributed by atoms with Gasteiger partial charge in [-0.25, -0.2) is 0 Å². The molecule has 0 aliphatic heterocycles. The predicted octanol–water partition coefficient (Wildman–Crippen LogP) is 3.87. The summed E-state index contributed by atoms with van der Waals surface area (Å²) in [6, 6.07) is 9.59. The number of aromatic nitrogens is 4. The minimum Gasteiger partial charge on any atom is -0.378 e. The molecular weight excluding hydrogens is 400 g/mol. The Labute approximate surface area is 182 Å². The maximum atomic E-state index is 13.5. The molecule has 0 bridgehead atoms. The van der Waals surface area contributed by atoms with Crippen LogP contribution in [0, 0.1) is 0 Å². The first kappa shape index (κ1) is 21.8. The molecule has 2 heterocycles. The van der Waals surface area contributed by atoms with Gasteiger partial charge < -0.3 is 9.80 Å². The van der Waals surface area contributed by atoms with Crippen LogP contribution >= 0.6 is 11.6 Å². The van der Waals surface area contributed by atoms with Crippen molar-refractivity contribution in [1.82, 2.24) is 24.9 Å². The van der Waals surface area contributed by atoms with Crippen LogP contribution < -0.4 is 4.90 Å². The van der Waals surface area contributed by atoms with Crippen molar-refractivity contribution in [3.05, 3.63) is 65.2 Å². The van der Waals surface area contributed by atoms with Gasteiger partial charge in [-0.1, -0.05) is 18.5 Å². The van der Waals surface area contributed by atoms with E-state index in [2.05, 4.69) is 22.1 Å². The smallest absolute Gasteiger partial charge is 0.256 e. The van der Waals surface area contributed by atoms with Gasteiger partial charge in [-0.05, 0) is 49.6 Å². The number of pyridine rings is 1. The molecule has 0 unspecified atom stereocenters. The number of aryl methyl sites for hydroxylation is 1. The fourth-order valence-electron chi connectivity index (χ4n) is 3.38. The highest BCUT2D eigenvalue weighted by Gasteiger charge is 2.24.